The molecule has 3 rings (SSSR count). The molecule has 1 aliphatic carbocycles. The molecule has 6 nitrogen and oxygen atoms in total. The van der Waals surface area contributed by atoms with Gasteiger partial charge in [-0.05, 0) is 38.3 Å². The molecule has 0 spiro atoms. The molecule has 1 fully saturated rings. The number of rotatable bonds is 7. The Hall–Kier alpha value is -2.53. The maximum Gasteiger partial charge on any atom is 0.435 e. The van der Waals surface area contributed by atoms with Gasteiger partial charge in [0.05, 0.1) is 5.69 Å². The number of amides is 1. The van der Waals surface area contributed by atoms with Crippen LogP contribution in [0.1, 0.15) is 48.0 Å². The summed E-state index contributed by atoms with van der Waals surface area (Å²) in [5.41, 5.74) is -1.31. The summed E-state index contributed by atoms with van der Waals surface area (Å²) in [4.78, 5) is 11.9. The molecule has 0 aromatic carbocycles. The van der Waals surface area contributed by atoms with Crippen LogP contribution in [0.2, 0.25) is 0 Å². The van der Waals surface area contributed by atoms with E-state index in [4.69, 9.17) is 0 Å². The van der Waals surface area contributed by atoms with Gasteiger partial charge in [-0.1, -0.05) is 0 Å². The van der Waals surface area contributed by atoms with Crippen LogP contribution in [-0.2, 0) is 30.2 Å². The number of nitrogens with zero attached hydrogens (tertiary/aromatic N) is 4. The maximum atomic E-state index is 12.9. The molecule has 29 heavy (non-hydrogen) atoms. The van der Waals surface area contributed by atoms with Gasteiger partial charge < -0.3 is 5.32 Å². The van der Waals surface area contributed by atoms with Gasteiger partial charge in [0.15, 0.2) is 5.69 Å². The number of aryl methyl sites for hydroxylation is 2. The molecule has 2 heterocycles. The van der Waals surface area contributed by atoms with Crippen molar-refractivity contribution in [3.05, 3.63) is 34.9 Å². The molecule has 1 amide bonds. The lowest BCUT2D eigenvalue weighted by Gasteiger charge is -2.11. The Morgan fingerprint density at radius 3 is 2.38 bits per heavy atom. The third kappa shape index (κ3) is 5.30. The van der Waals surface area contributed by atoms with E-state index in [-0.39, 0.29) is 31.1 Å². The van der Waals surface area contributed by atoms with Crippen LogP contribution in [0.3, 0.4) is 0 Å². The van der Waals surface area contributed by atoms with E-state index in [1.54, 1.807) is 0 Å². The van der Waals surface area contributed by atoms with Gasteiger partial charge in [-0.15, -0.1) is 0 Å². The van der Waals surface area contributed by atoms with Crippen molar-refractivity contribution in [3.8, 4) is 0 Å². The normalized spacial score (nSPS) is 15.0. The topological polar surface area (TPSA) is 64.7 Å². The van der Waals surface area contributed by atoms with Crippen LogP contribution in [0.15, 0.2) is 12.1 Å². The monoisotopic (exact) mass is 423 g/mol. The summed E-state index contributed by atoms with van der Waals surface area (Å²) in [6.07, 6.45) is -7.25. The van der Waals surface area contributed by atoms with Crippen LogP contribution in [0, 0.1) is 6.92 Å². The van der Waals surface area contributed by atoms with Crippen molar-refractivity contribution in [1.29, 1.82) is 0 Å². The zero-order valence-corrected chi connectivity index (χ0v) is 15.4. The molecule has 0 radical (unpaired) electrons. The second kappa shape index (κ2) is 7.71. The summed E-state index contributed by atoms with van der Waals surface area (Å²) in [6, 6.07) is 1.90. The minimum Gasteiger partial charge on any atom is -0.354 e. The van der Waals surface area contributed by atoms with Gasteiger partial charge in [0.2, 0.25) is 5.91 Å². The molecule has 1 saturated carbocycles. The van der Waals surface area contributed by atoms with Crippen LogP contribution in [0.5, 0.6) is 0 Å². The predicted molar refractivity (Wildman–Crippen MR) is 88.8 cm³/mol. The van der Waals surface area contributed by atoms with Crippen LogP contribution in [0.4, 0.5) is 26.3 Å². The summed E-state index contributed by atoms with van der Waals surface area (Å²) in [5, 5.41) is 9.74. The lowest BCUT2D eigenvalue weighted by Crippen LogP contribution is -2.31. The van der Waals surface area contributed by atoms with Crippen molar-refractivity contribution in [3.63, 3.8) is 0 Å². The van der Waals surface area contributed by atoms with Crippen molar-refractivity contribution in [2.24, 2.45) is 0 Å². The Morgan fingerprint density at radius 1 is 1.10 bits per heavy atom. The van der Waals surface area contributed by atoms with Crippen molar-refractivity contribution < 1.29 is 31.1 Å². The summed E-state index contributed by atoms with van der Waals surface area (Å²) >= 11 is 0. The van der Waals surface area contributed by atoms with Crippen LogP contribution in [0.25, 0.3) is 0 Å². The molecule has 0 saturated heterocycles. The molecule has 0 bridgehead atoms. The second-order valence-electron chi connectivity index (χ2n) is 6.98. The van der Waals surface area contributed by atoms with Crippen LogP contribution in [-0.4, -0.2) is 32.0 Å². The van der Waals surface area contributed by atoms with E-state index in [0.717, 1.165) is 25.0 Å². The van der Waals surface area contributed by atoms with Crippen molar-refractivity contribution >= 4 is 5.91 Å². The number of carbonyl (C=O) groups excluding carboxylic acids is 1. The predicted octanol–water partition coefficient (Wildman–Crippen LogP) is 3.51. The highest BCUT2D eigenvalue weighted by molar-refractivity contribution is 5.75. The average Bonchev–Trinajstić information content (AvgIpc) is 3.22. The van der Waals surface area contributed by atoms with E-state index in [0.29, 0.717) is 10.4 Å². The largest absolute Gasteiger partial charge is 0.435 e. The Morgan fingerprint density at radius 2 is 1.79 bits per heavy atom. The van der Waals surface area contributed by atoms with Gasteiger partial charge in [0.1, 0.15) is 12.2 Å². The third-order valence-electron chi connectivity index (χ3n) is 4.45. The van der Waals surface area contributed by atoms with Gasteiger partial charge in [-0.25, -0.2) is 0 Å². The van der Waals surface area contributed by atoms with Crippen LogP contribution >= 0.6 is 0 Å². The molecule has 1 aliphatic rings. The first-order valence-corrected chi connectivity index (χ1v) is 8.98. The van der Waals surface area contributed by atoms with E-state index < -0.39 is 36.2 Å². The first-order valence-electron chi connectivity index (χ1n) is 8.98. The van der Waals surface area contributed by atoms with Gasteiger partial charge in [-0.3, -0.25) is 14.2 Å². The van der Waals surface area contributed by atoms with Crippen molar-refractivity contribution in [2.75, 3.05) is 6.54 Å². The molecule has 2 aromatic heterocycles. The van der Waals surface area contributed by atoms with E-state index in [2.05, 4.69) is 15.5 Å². The number of aromatic nitrogens is 4. The quantitative estimate of drug-likeness (QED) is 0.548. The first kappa shape index (κ1) is 21.2. The van der Waals surface area contributed by atoms with Gasteiger partial charge >= 0.3 is 12.4 Å². The van der Waals surface area contributed by atoms with E-state index in [1.165, 1.54) is 11.6 Å². The molecular weight excluding hydrogens is 404 g/mol. The number of alkyl halides is 6. The molecule has 2 aromatic rings. The minimum absolute atomic E-state index is 0.0667. The standard InChI is InChI=1S/C17H19F6N5O/c1-10-7-14(17(21,22)23)28(25-10)9-15(29)24-5-2-6-27-12(11-3-4-11)8-13(26-27)16(18,19)20/h7-8,11H,2-6,9H2,1H3,(H,24,29). The number of nitrogens with one attached hydrogen (secondary N) is 1. The van der Waals surface area contributed by atoms with Gasteiger partial charge in [0, 0.05) is 24.7 Å². The highest BCUT2D eigenvalue weighted by Crippen LogP contribution is 2.42. The fourth-order valence-corrected chi connectivity index (χ4v) is 3.00. The lowest BCUT2D eigenvalue weighted by atomic mass is 10.2. The van der Waals surface area contributed by atoms with Gasteiger partial charge in [-0.2, -0.15) is 36.5 Å². The van der Waals surface area contributed by atoms with Crippen molar-refractivity contribution in [1.82, 2.24) is 24.9 Å². The molecule has 0 unspecified atom stereocenters. The maximum absolute atomic E-state index is 12.9. The fourth-order valence-electron chi connectivity index (χ4n) is 3.00. The first-order chi connectivity index (χ1) is 13.4. The van der Waals surface area contributed by atoms with Gasteiger partial charge in [0.25, 0.3) is 0 Å². The highest BCUT2D eigenvalue weighted by Gasteiger charge is 2.38. The Kier molecular flexibility index (Phi) is 5.63. The number of hydrogen-bond acceptors (Lipinski definition) is 3. The van der Waals surface area contributed by atoms with Crippen molar-refractivity contribution in [2.45, 2.75) is 57.5 Å². The summed E-state index contributed by atoms with van der Waals surface area (Å²) in [7, 11) is 0. The Bertz CT molecular complexity index is 878. The lowest BCUT2D eigenvalue weighted by molar-refractivity contribution is -0.145. The second-order valence-corrected chi connectivity index (χ2v) is 6.98. The minimum atomic E-state index is -4.63. The Labute approximate surface area is 161 Å². The zero-order chi connectivity index (χ0) is 21.4. The molecule has 1 N–H and O–H groups in total. The highest BCUT2D eigenvalue weighted by atomic mass is 19.4. The number of hydrogen-bond donors (Lipinski definition) is 1. The van der Waals surface area contributed by atoms with E-state index in [9.17, 15) is 31.1 Å². The SMILES string of the molecule is Cc1cc(C(F)(F)F)n(CC(=O)NCCCn2nc(C(F)(F)F)cc2C2CC2)n1. The zero-order valence-electron chi connectivity index (χ0n) is 15.4. The number of carbonyl (C=O) groups is 1. The average molecular weight is 423 g/mol. The third-order valence-corrected chi connectivity index (χ3v) is 4.45. The van der Waals surface area contributed by atoms with E-state index in [1.807, 2.05) is 0 Å². The molecule has 160 valence electrons. The summed E-state index contributed by atoms with van der Waals surface area (Å²) in [5.74, 6) is -0.602. The Balaban J connectivity index is 1.53. The summed E-state index contributed by atoms with van der Waals surface area (Å²) < 4.78 is 79.2. The smallest absolute Gasteiger partial charge is 0.354 e. The molecule has 12 heteroatoms. The number of halogens is 6. The summed E-state index contributed by atoms with van der Waals surface area (Å²) in [6.45, 7) is 1.04. The molecule has 0 aliphatic heterocycles. The fraction of sp³-hybridized carbons (Fsp3) is 0.588. The van der Waals surface area contributed by atoms with E-state index >= 15 is 0 Å². The molecular formula is C17H19F6N5O. The molecule has 0 atom stereocenters. The van der Waals surface area contributed by atoms with Crippen LogP contribution < -0.4 is 5.32 Å².